The van der Waals surface area contributed by atoms with E-state index in [1.807, 2.05) is 11.3 Å². The van der Waals surface area contributed by atoms with E-state index in [-0.39, 0.29) is 6.04 Å². The van der Waals surface area contributed by atoms with Gasteiger partial charge in [-0.2, -0.15) is 0 Å². The molecule has 0 aliphatic heterocycles. The lowest BCUT2D eigenvalue weighted by Crippen LogP contribution is -2.41. The van der Waals surface area contributed by atoms with E-state index in [1.54, 1.807) is 0 Å². The van der Waals surface area contributed by atoms with Crippen molar-refractivity contribution in [1.29, 1.82) is 0 Å². The molecule has 0 saturated heterocycles. The Labute approximate surface area is 119 Å². The first-order valence-corrected chi connectivity index (χ1v) is 8.37. The van der Waals surface area contributed by atoms with E-state index in [4.69, 9.17) is 10.7 Å². The number of aryl methyl sites for hydroxylation is 1. The molecule has 1 unspecified atom stereocenters. The van der Waals surface area contributed by atoms with Crippen LogP contribution in [0.15, 0.2) is 16.4 Å². The normalized spacial score (nSPS) is 25.1. The van der Waals surface area contributed by atoms with Crippen molar-refractivity contribution in [2.24, 2.45) is 10.7 Å². The number of nitrogens with zero attached hydrogens (tertiary/aromatic N) is 1. The van der Waals surface area contributed by atoms with Crippen LogP contribution in [-0.4, -0.2) is 12.0 Å². The summed E-state index contributed by atoms with van der Waals surface area (Å²) in [5.41, 5.74) is 7.51. The van der Waals surface area contributed by atoms with Crippen LogP contribution in [0.4, 0.5) is 0 Å². The Balaban J connectivity index is 1.65. The summed E-state index contributed by atoms with van der Waals surface area (Å²) in [6, 6.07) is 3.05. The van der Waals surface area contributed by atoms with Gasteiger partial charge in [0.05, 0.1) is 6.04 Å². The molecular formula is C15H23N3S. The molecule has 3 nitrogen and oxygen atoms in total. The van der Waals surface area contributed by atoms with Crippen molar-refractivity contribution in [3.05, 3.63) is 21.9 Å². The Bertz CT molecular complexity index is 446. The highest BCUT2D eigenvalue weighted by Crippen LogP contribution is 2.35. The number of guanidine groups is 1. The minimum atomic E-state index is 0.283. The van der Waals surface area contributed by atoms with Gasteiger partial charge in [0, 0.05) is 10.9 Å². The van der Waals surface area contributed by atoms with Gasteiger partial charge < -0.3 is 11.1 Å². The van der Waals surface area contributed by atoms with E-state index < -0.39 is 0 Å². The van der Waals surface area contributed by atoms with Crippen LogP contribution >= 0.6 is 11.3 Å². The third-order valence-corrected chi connectivity index (χ3v) is 5.27. The number of nitrogens with two attached hydrogens (primary N) is 1. The van der Waals surface area contributed by atoms with Gasteiger partial charge in [-0.15, -0.1) is 11.3 Å². The molecule has 1 heterocycles. The molecule has 4 heteroatoms. The topological polar surface area (TPSA) is 50.4 Å². The molecule has 0 bridgehead atoms. The first-order chi connectivity index (χ1) is 9.33. The lowest BCUT2D eigenvalue weighted by molar-refractivity contribution is 0.411. The third kappa shape index (κ3) is 3.11. The van der Waals surface area contributed by atoms with Gasteiger partial charge in [0.1, 0.15) is 0 Å². The number of hydrogen-bond acceptors (Lipinski definition) is 2. The molecule has 1 aromatic rings. The van der Waals surface area contributed by atoms with Crippen LogP contribution in [0, 0.1) is 0 Å². The minimum absolute atomic E-state index is 0.283. The fourth-order valence-corrected chi connectivity index (χ4v) is 4.24. The molecule has 0 radical (unpaired) electrons. The van der Waals surface area contributed by atoms with E-state index in [2.05, 4.69) is 16.8 Å². The predicted octanol–water partition coefficient (Wildman–Crippen LogP) is 3.36. The minimum Gasteiger partial charge on any atom is -0.370 e. The van der Waals surface area contributed by atoms with Crippen LogP contribution in [0.25, 0.3) is 0 Å². The first kappa shape index (κ1) is 13.0. The summed E-state index contributed by atoms with van der Waals surface area (Å²) in [5.74, 6) is 0.649. The van der Waals surface area contributed by atoms with E-state index in [0.717, 1.165) is 6.42 Å². The molecule has 0 spiro atoms. The van der Waals surface area contributed by atoms with Crippen LogP contribution < -0.4 is 11.1 Å². The van der Waals surface area contributed by atoms with Gasteiger partial charge in [-0.1, -0.05) is 19.3 Å². The highest BCUT2D eigenvalue weighted by molar-refractivity contribution is 7.10. The molecule has 0 aromatic carbocycles. The van der Waals surface area contributed by atoms with Gasteiger partial charge in [0.2, 0.25) is 0 Å². The SMILES string of the molecule is NC(=NC1CCCc2sccc21)NC1CCCCC1. The Hall–Kier alpha value is -1.03. The summed E-state index contributed by atoms with van der Waals surface area (Å²) >= 11 is 1.86. The summed E-state index contributed by atoms with van der Waals surface area (Å²) < 4.78 is 0. The number of rotatable bonds is 2. The maximum absolute atomic E-state index is 6.10. The quantitative estimate of drug-likeness (QED) is 0.643. The van der Waals surface area contributed by atoms with Crippen molar-refractivity contribution in [1.82, 2.24) is 5.32 Å². The lowest BCUT2D eigenvalue weighted by Gasteiger charge is -2.25. The molecule has 0 amide bonds. The number of aliphatic imine (C=N–C) groups is 1. The van der Waals surface area contributed by atoms with Crippen LogP contribution in [-0.2, 0) is 6.42 Å². The van der Waals surface area contributed by atoms with Crippen molar-refractivity contribution >= 4 is 17.3 Å². The largest absolute Gasteiger partial charge is 0.370 e. The van der Waals surface area contributed by atoms with Crippen molar-refractivity contribution in [3.8, 4) is 0 Å². The molecule has 104 valence electrons. The summed E-state index contributed by atoms with van der Waals surface area (Å²) in [6.45, 7) is 0. The van der Waals surface area contributed by atoms with Crippen LogP contribution in [0.3, 0.4) is 0 Å². The molecule has 19 heavy (non-hydrogen) atoms. The van der Waals surface area contributed by atoms with Crippen molar-refractivity contribution in [3.63, 3.8) is 0 Å². The van der Waals surface area contributed by atoms with Crippen LogP contribution in [0.2, 0.25) is 0 Å². The van der Waals surface area contributed by atoms with E-state index >= 15 is 0 Å². The second kappa shape index (κ2) is 5.95. The molecule has 2 aliphatic rings. The van der Waals surface area contributed by atoms with Crippen molar-refractivity contribution < 1.29 is 0 Å². The number of hydrogen-bond donors (Lipinski definition) is 2. The number of nitrogens with one attached hydrogen (secondary N) is 1. The molecule has 1 atom stereocenters. The Kier molecular flexibility index (Phi) is 4.06. The molecular weight excluding hydrogens is 254 g/mol. The first-order valence-electron chi connectivity index (χ1n) is 7.49. The molecule has 1 saturated carbocycles. The molecule has 3 rings (SSSR count). The predicted molar refractivity (Wildman–Crippen MR) is 81.6 cm³/mol. The fourth-order valence-electron chi connectivity index (χ4n) is 3.26. The molecule has 1 aromatic heterocycles. The lowest BCUT2D eigenvalue weighted by atomic mass is 9.94. The van der Waals surface area contributed by atoms with Gasteiger partial charge >= 0.3 is 0 Å². The van der Waals surface area contributed by atoms with Gasteiger partial charge in [-0.3, -0.25) is 0 Å². The summed E-state index contributed by atoms with van der Waals surface area (Å²) in [5, 5.41) is 5.60. The summed E-state index contributed by atoms with van der Waals surface area (Å²) in [4.78, 5) is 6.24. The smallest absolute Gasteiger partial charge is 0.189 e. The van der Waals surface area contributed by atoms with Gasteiger partial charge in [0.25, 0.3) is 0 Å². The Morgan fingerprint density at radius 1 is 1.21 bits per heavy atom. The molecule has 3 N–H and O–H groups in total. The zero-order valence-corrected chi connectivity index (χ0v) is 12.2. The second-order valence-corrected chi connectivity index (χ2v) is 6.70. The maximum Gasteiger partial charge on any atom is 0.189 e. The fraction of sp³-hybridized carbons (Fsp3) is 0.667. The standard InChI is InChI=1S/C15H23N3S/c16-15(17-11-5-2-1-3-6-11)18-13-7-4-8-14-12(13)9-10-19-14/h9-11,13H,1-8H2,(H3,16,17,18). The average molecular weight is 277 g/mol. The van der Waals surface area contributed by atoms with Gasteiger partial charge in [-0.25, -0.2) is 4.99 Å². The monoisotopic (exact) mass is 277 g/mol. The number of fused-ring (bicyclic) bond motifs is 1. The van der Waals surface area contributed by atoms with Gasteiger partial charge in [0.15, 0.2) is 5.96 Å². The second-order valence-electron chi connectivity index (χ2n) is 5.70. The zero-order valence-electron chi connectivity index (χ0n) is 11.4. The average Bonchev–Trinajstić information content (AvgIpc) is 2.89. The summed E-state index contributed by atoms with van der Waals surface area (Å²) in [7, 11) is 0. The van der Waals surface area contributed by atoms with E-state index in [0.29, 0.717) is 12.0 Å². The maximum atomic E-state index is 6.10. The highest BCUT2D eigenvalue weighted by atomic mass is 32.1. The van der Waals surface area contributed by atoms with Crippen LogP contribution in [0.5, 0.6) is 0 Å². The molecule has 1 fully saturated rings. The van der Waals surface area contributed by atoms with Crippen molar-refractivity contribution in [2.45, 2.75) is 63.5 Å². The third-order valence-electron chi connectivity index (χ3n) is 4.27. The van der Waals surface area contributed by atoms with E-state index in [1.165, 1.54) is 55.4 Å². The van der Waals surface area contributed by atoms with Crippen LogP contribution in [0.1, 0.15) is 61.4 Å². The number of thiophene rings is 1. The Morgan fingerprint density at radius 3 is 2.89 bits per heavy atom. The van der Waals surface area contributed by atoms with Gasteiger partial charge in [-0.05, 0) is 49.1 Å². The Morgan fingerprint density at radius 2 is 2.05 bits per heavy atom. The van der Waals surface area contributed by atoms with E-state index in [9.17, 15) is 0 Å². The highest BCUT2D eigenvalue weighted by Gasteiger charge is 2.21. The van der Waals surface area contributed by atoms with Crippen molar-refractivity contribution in [2.75, 3.05) is 0 Å². The zero-order chi connectivity index (χ0) is 13.1. The summed E-state index contributed by atoms with van der Waals surface area (Å²) in [6.07, 6.45) is 10.1. The molecule has 2 aliphatic carbocycles.